The lowest BCUT2D eigenvalue weighted by Gasteiger charge is -2.27. The van der Waals surface area contributed by atoms with E-state index in [0.29, 0.717) is 0 Å². The molecule has 3 nitrogen and oxygen atoms in total. The summed E-state index contributed by atoms with van der Waals surface area (Å²) in [6.45, 7) is 7.69. The zero-order valence-corrected chi connectivity index (χ0v) is 10.3. The SMILES string of the molecule is Cc1cccc2c1ccn2CN1CCNCC1. The van der Waals surface area contributed by atoms with Crippen molar-refractivity contribution in [1.29, 1.82) is 0 Å². The van der Waals surface area contributed by atoms with E-state index in [2.05, 4.69) is 52.2 Å². The Balaban J connectivity index is 1.87. The predicted molar refractivity (Wildman–Crippen MR) is 71.1 cm³/mol. The number of benzene rings is 1. The van der Waals surface area contributed by atoms with Crippen LogP contribution in [0.2, 0.25) is 0 Å². The summed E-state index contributed by atoms with van der Waals surface area (Å²) in [5.74, 6) is 0. The Labute approximate surface area is 102 Å². The van der Waals surface area contributed by atoms with Crippen LogP contribution in [0.3, 0.4) is 0 Å². The molecule has 17 heavy (non-hydrogen) atoms. The van der Waals surface area contributed by atoms with Crippen molar-refractivity contribution >= 4 is 10.9 Å². The Hall–Kier alpha value is -1.32. The van der Waals surface area contributed by atoms with Crippen molar-refractivity contribution in [1.82, 2.24) is 14.8 Å². The summed E-state index contributed by atoms with van der Waals surface area (Å²) >= 11 is 0. The van der Waals surface area contributed by atoms with Crippen molar-refractivity contribution < 1.29 is 0 Å². The molecule has 1 aliphatic rings. The van der Waals surface area contributed by atoms with Gasteiger partial charge in [-0.15, -0.1) is 0 Å². The van der Waals surface area contributed by atoms with Crippen LogP contribution in [0.25, 0.3) is 10.9 Å². The fourth-order valence-corrected chi connectivity index (χ4v) is 2.57. The van der Waals surface area contributed by atoms with Crippen molar-refractivity contribution in [3.05, 3.63) is 36.0 Å². The number of nitrogens with one attached hydrogen (secondary N) is 1. The molecule has 0 radical (unpaired) electrons. The Bertz CT molecular complexity index is 509. The van der Waals surface area contributed by atoms with Crippen molar-refractivity contribution in [3.63, 3.8) is 0 Å². The minimum atomic E-state index is 1.01. The van der Waals surface area contributed by atoms with E-state index in [9.17, 15) is 0 Å². The molecule has 0 spiro atoms. The van der Waals surface area contributed by atoms with Crippen molar-refractivity contribution in [2.45, 2.75) is 13.6 Å². The van der Waals surface area contributed by atoms with Gasteiger partial charge in [-0.05, 0) is 24.6 Å². The lowest BCUT2D eigenvalue weighted by atomic mass is 10.1. The van der Waals surface area contributed by atoms with E-state index in [1.807, 2.05) is 0 Å². The lowest BCUT2D eigenvalue weighted by Crippen LogP contribution is -2.43. The van der Waals surface area contributed by atoms with Crippen LogP contribution in [-0.2, 0) is 6.67 Å². The Kier molecular flexibility index (Phi) is 2.87. The van der Waals surface area contributed by atoms with Gasteiger partial charge in [0, 0.05) is 43.3 Å². The Morgan fingerprint density at radius 1 is 1.18 bits per heavy atom. The van der Waals surface area contributed by atoms with Crippen LogP contribution in [0.1, 0.15) is 5.56 Å². The Morgan fingerprint density at radius 2 is 2.00 bits per heavy atom. The molecule has 0 unspecified atom stereocenters. The number of hydrogen-bond acceptors (Lipinski definition) is 2. The van der Waals surface area contributed by atoms with Gasteiger partial charge in [-0.1, -0.05) is 12.1 Å². The molecule has 3 rings (SSSR count). The van der Waals surface area contributed by atoms with E-state index in [1.54, 1.807) is 0 Å². The summed E-state index contributed by atoms with van der Waals surface area (Å²) in [6.07, 6.45) is 2.21. The van der Waals surface area contributed by atoms with Gasteiger partial charge in [-0.25, -0.2) is 0 Å². The molecule has 1 aromatic carbocycles. The summed E-state index contributed by atoms with van der Waals surface area (Å²) in [5.41, 5.74) is 2.71. The largest absolute Gasteiger partial charge is 0.334 e. The van der Waals surface area contributed by atoms with E-state index < -0.39 is 0 Å². The van der Waals surface area contributed by atoms with Gasteiger partial charge >= 0.3 is 0 Å². The first-order chi connectivity index (χ1) is 8.34. The van der Waals surface area contributed by atoms with Crippen molar-refractivity contribution in [2.75, 3.05) is 26.2 Å². The van der Waals surface area contributed by atoms with Crippen LogP contribution >= 0.6 is 0 Å². The maximum atomic E-state index is 3.39. The summed E-state index contributed by atoms with van der Waals surface area (Å²) < 4.78 is 2.35. The highest BCUT2D eigenvalue weighted by Crippen LogP contribution is 2.19. The average Bonchev–Trinajstić information content (AvgIpc) is 2.76. The van der Waals surface area contributed by atoms with Crippen LogP contribution in [0, 0.1) is 6.92 Å². The summed E-state index contributed by atoms with van der Waals surface area (Å²) in [5, 5.41) is 4.77. The van der Waals surface area contributed by atoms with Crippen LogP contribution in [-0.4, -0.2) is 35.6 Å². The second-order valence-electron chi connectivity index (χ2n) is 4.80. The average molecular weight is 229 g/mol. The third-order valence-corrected chi connectivity index (χ3v) is 3.59. The molecule has 0 bridgehead atoms. The number of nitrogens with zero attached hydrogens (tertiary/aromatic N) is 2. The van der Waals surface area contributed by atoms with E-state index in [0.717, 1.165) is 32.8 Å². The Morgan fingerprint density at radius 3 is 2.82 bits per heavy atom. The van der Waals surface area contributed by atoms with Crippen LogP contribution in [0.5, 0.6) is 0 Å². The third-order valence-electron chi connectivity index (χ3n) is 3.59. The molecule has 0 aliphatic carbocycles. The van der Waals surface area contributed by atoms with Gasteiger partial charge in [-0.2, -0.15) is 0 Å². The number of rotatable bonds is 2. The third kappa shape index (κ3) is 2.08. The van der Waals surface area contributed by atoms with Crippen LogP contribution in [0.4, 0.5) is 0 Å². The van der Waals surface area contributed by atoms with E-state index in [1.165, 1.54) is 16.5 Å². The summed E-state index contributed by atoms with van der Waals surface area (Å²) in [7, 11) is 0. The van der Waals surface area contributed by atoms with E-state index in [-0.39, 0.29) is 0 Å². The number of hydrogen-bond donors (Lipinski definition) is 1. The zero-order chi connectivity index (χ0) is 11.7. The molecule has 1 aliphatic heterocycles. The van der Waals surface area contributed by atoms with Gasteiger partial charge < -0.3 is 9.88 Å². The molecule has 0 atom stereocenters. The molecule has 2 aromatic rings. The number of fused-ring (bicyclic) bond motifs is 1. The molecular formula is C14H19N3. The molecule has 2 heterocycles. The maximum Gasteiger partial charge on any atom is 0.0751 e. The standard InChI is InChI=1S/C14H19N3/c1-12-3-2-4-14-13(12)5-8-17(14)11-16-9-6-15-7-10-16/h2-5,8,15H,6-7,9-11H2,1H3. The highest BCUT2D eigenvalue weighted by atomic mass is 15.3. The van der Waals surface area contributed by atoms with Crippen LogP contribution in [0.15, 0.2) is 30.5 Å². The molecule has 0 amide bonds. The fourth-order valence-electron chi connectivity index (χ4n) is 2.57. The van der Waals surface area contributed by atoms with Crippen LogP contribution < -0.4 is 5.32 Å². The van der Waals surface area contributed by atoms with Gasteiger partial charge in [0.1, 0.15) is 0 Å². The number of piperazine rings is 1. The fraction of sp³-hybridized carbons (Fsp3) is 0.429. The molecule has 0 saturated carbocycles. The molecule has 90 valence electrons. The zero-order valence-electron chi connectivity index (χ0n) is 10.3. The predicted octanol–water partition coefficient (Wildman–Crippen LogP) is 1.81. The minimum absolute atomic E-state index is 1.01. The highest BCUT2D eigenvalue weighted by molar-refractivity contribution is 5.83. The van der Waals surface area contributed by atoms with Crippen molar-refractivity contribution in [2.24, 2.45) is 0 Å². The first kappa shape index (κ1) is 10.8. The quantitative estimate of drug-likeness (QED) is 0.847. The normalized spacial score (nSPS) is 17.7. The summed E-state index contributed by atoms with van der Waals surface area (Å²) in [6, 6.07) is 8.76. The second kappa shape index (κ2) is 4.51. The molecule has 1 aromatic heterocycles. The topological polar surface area (TPSA) is 20.2 Å². The first-order valence-corrected chi connectivity index (χ1v) is 6.32. The number of aromatic nitrogens is 1. The molecule has 3 heteroatoms. The first-order valence-electron chi connectivity index (χ1n) is 6.32. The number of aryl methyl sites for hydroxylation is 1. The molecule has 1 N–H and O–H groups in total. The van der Waals surface area contributed by atoms with Gasteiger partial charge in [0.05, 0.1) is 6.67 Å². The highest BCUT2D eigenvalue weighted by Gasteiger charge is 2.11. The minimum Gasteiger partial charge on any atom is -0.334 e. The van der Waals surface area contributed by atoms with Gasteiger partial charge in [0.15, 0.2) is 0 Å². The van der Waals surface area contributed by atoms with E-state index >= 15 is 0 Å². The monoisotopic (exact) mass is 229 g/mol. The van der Waals surface area contributed by atoms with Gasteiger partial charge in [0.25, 0.3) is 0 Å². The molecular weight excluding hydrogens is 210 g/mol. The van der Waals surface area contributed by atoms with Gasteiger partial charge in [-0.3, -0.25) is 4.90 Å². The van der Waals surface area contributed by atoms with E-state index in [4.69, 9.17) is 0 Å². The maximum absolute atomic E-state index is 3.39. The van der Waals surface area contributed by atoms with Gasteiger partial charge in [0.2, 0.25) is 0 Å². The summed E-state index contributed by atoms with van der Waals surface area (Å²) in [4.78, 5) is 2.50. The molecule has 1 saturated heterocycles. The lowest BCUT2D eigenvalue weighted by molar-refractivity contribution is 0.196. The van der Waals surface area contributed by atoms with Crippen molar-refractivity contribution in [3.8, 4) is 0 Å². The molecule has 1 fully saturated rings. The second-order valence-corrected chi connectivity index (χ2v) is 4.80. The smallest absolute Gasteiger partial charge is 0.0751 e.